The van der Waals surface area contributed by atoms with Gasteiger partial charge in [0.2, 0.25) is 0 Å². The first-order valence-corrected chi connectivity index (χ1v) is 5.40. The highest BCUT2D eigenvalue weighted by atomic mass is 16.5. The summed E-state index contributed by atoms with van der Waals surface area (Å²) in [6.07, 6.45) is 4.17. The quantitative estimate of drug-likeness (QED) is 0.504. The Morgan fingerprint density at radius 3 is 2.79 bits per heavy atom. The monoisotopic (exact) mass is 197 g/mol. The van der Waals surface area contributed by atoms with Crippen molar-refractivity contribution in [3.05, 3.63) is 0 Å². The third kappa shape index (κ3) is 2.00. The van der Waals surface area contributed by atoms with Crippen molar-refractivity contribution in [2.45, 2.75) is 57.4 Å². The van der Waals surface area contributed by atoms with E-state index in [4.69, 9.17) is 10.5 Å². The van der Waals surface area contributed by atoms with E-state index in [2.05, 4.69) is 24.2 Å². The van der Waals surface area contributed by atoms with Crippen LogP contribution in [-0.2, 0) is 4.74 Å². The lowest BCUT2D eigenvalue weighted by Gasteiger charge is -2.16. The molecule has 0 amide bonds. The van der Waals surface area contributed by atoms with Crippen molar-refractivity contribution >= 4 is 5.96 Å². The number of nitrogens with zero attached hydrogens (tertiary/aromatic N) is 1. The van der Waals surface area contributed by atoms with E-state index < -0.39 is 0 Å². The number of nitrogens with two attached hydrogens (primary N) is 1. The summed E-state index contributed by atoms with van der Waals surface area (Å²) < 4.78 is 5.70. The Kier molecular flexibility index (Phi) is 2.63. The van der Waals surface area contributed by atoms with E-state index in [9.17, 15) is 0 Å². The lowest BCUT2D eigenvalue weighted by Crippen LogP contribution is -2.38. The predicted molar refractivity (Wildman–Crippen MR) is 56.2 cm³/mol. The highest BCUT2D eigenvalue weighted by Gasteiger charge is 2.40. The van der Waals surface area contributed by atoms with Crippen molar-refractivity contribution in [1.29, 1.82) is 0 Å². The first-order valence-electron chi connectivity index (χ1n) is 5.40. The Hall–Kier alpha value is -0.770. The van der Waals surface area contributed by atoms with Gasteiger partial charge in [0, 0.05) is 6.04 Å². The van der Waals surface area contributed by atoms with Gasteiger partial charge in [0.1, 0.15) is 0 Å². The number of guanidine groups is 1. The zero-order valence-corrected chi connectivity index (χ0v) is 8.86. The average molecular weight is 197 g/mol. The van der Waals surface area contributed by atoms with Crippen LogP contribution in [0, 0.1) is 0 Å². The molecule has 0 aromatic rings. The van der Waals surface area contributed by atoms with Gasteiger partial charge in [-0.2, -0.15) is 0 Å². The normalized spacial score (nSPS) is 36.8. The topological polar surface area (TPSA) is 59.6 Å². The van der Waals surface area contributed by atoms with Crippen LogP contribution < -0.4 is 11.1 Å². The van der Waals surface area contributed by atoms with E-state index >= 15 is 0 Å². The van der Waals surface area contributed by atoms with E-state index in [1.807, 2.05) is 0 Å². The molecule has 4 heteroatoms. The van der Waals surface area contributed by atoms with Crippen molar-refractivity contribution < 1.29 is 4.74 Å². The molecule has 2 rings (SSSR count). The fourth-order valence-corrected chi connectivity index (χ4v) is 2.26. The van der Waals surface area contributed by atoms with E-state index in [0.29, 0.717) is 30.3 Å². The Morgan fingerprint density at radius 2 is 2.29 bits per heavy atom. The zero-order chi connectivity index (χ0) is 10.1. The molecular weight excluding hydrogens is 178 g/mol. The van der Waals surface area contributed by atoms with Crippen LogP contribution in [0.2, 0.25) is 0 Å². The van der Waals surface area contributed by atoms with Crippen LogP contribution in [0.1, 0.15) is 33.1 Å². The number of aliphatic imine (C=N–C) groups is 1. The third-order valence-corrected chi connectivity index (χ3v) is 2.82. The minimum Gasteiger partial charge on any atom is -0.373 e. The summed E-state index contributed by atoms with van der Waals surface area (Å²) in [7, 11) is 0. The maximum atomic E-state index is 5.77. The number of hydrogen-bond acceptors (Lipinski definition) is 2. The molecule has 80 valence electrons. The molecule has 0 aromatic heterocycles. The van der Waals surface area contributed by atoms with Crippen LogP contribution in [-0.4, -0.2) is 30.3 Å². The minimum atomic E-state index is 0.292. The number of ether oxygens (including phenoxy) is 1. The van der Waals surface area contributed by atoms with Gasteiger partial charge in [-0.25, -0.2) is 4.99 Å². The molecule has 4 nitrogen and oxygen atoms in total. The van der Waals surface area contributed by atoms with Gasteiger partial charge in [-0.1, -0.05) is 0 Å². The fourth-order valence-electron chi connectivity index (χ4n) is 2.26. The lowest BCUT2D eigenvalue weighted by molar-refractivity contribution is 0.101. The molecule has 3 unspecified atom stereocenters. The molecule has 2 heterocycles. The summed E-state index contributed by atoms with van der Waals surface area (Å²) in [4.78, 5) is 4.46. The molecular formula is C10H19N3O. The van der Waals surface area contributed by atoms with Crippen molar-refractivity contribution in [2.75, 3.05) is 0 Å². The molecule has 2 fully saturated rings. The lowest BCUT2D eigenvalue weighted by atomic mass is 9.96. The summed E-state index contributed by atoms with van der Waals surface area (Å²) in [6.45, 7) is 4.11. The van der Waals surface area contributed by atoms with Gasteiger partial charge in [-0.05, 0) is 33.1 Å². The first kappa shape index (κ1) is 9.77. The maximum Gasteiger partial charge on any atom is 0.189 e. The highest BCUT2D eigenvalue weighted by molar-refractivity contribution is 5.78. The Morgan fingerprint density at radius 1 is 1.50 bits per heavy atom. The van der Waals surface area contributed by atoms with E-state index in [-0.39, 0.29) is 0 Å². The molecule has 0 saturated carbocycles. The van der Waals surface area contributed by atoms with Crippen molar-refractivity contribution in [3.8, 4) is 0 Å². The summed E-state index contributed by atoms with van der Waals surface area (Å²) in [5.74, 6) is 0.557. The molecule has 0 aromatic carbocycles. The molecule has 2 aliphatic heterocycles. The summed E-state index contributed by atoms with van der Waals surface area (Å²) in [5, 5.41) is 3.10. The SMILES string of the molecule is CC(C)NC(N)=NC1CC2CCC1O2. The molecule has 2 aliphatic rings. The number of fused-ring (bicyclic) bond motifs is 2. The highest BCUT2D eigenvalue weighted by Crippen LogP contribution is 2.35. The largest absolute Gasteiger partial charge is 0.373 e. The van der Waals surface area contributed by atoms with Gasteiger partial charge in [0.25, 0.3) is 0 Å². The van der Waals surface area contributed by atoms with Crippen LogP contribution in [0.15, 0.2) is 4.99 Å². The second kappa shape index (κ2) is 3.77. The summed E-state index contributed by atoms with van der Waals surface area (Å²) in [6, 6.07) is 0.637. The standard InChI is InChI=1S/C10H19N3O/c1-6(2)12-10(11)13-8-5-7-3-4-9(8)14-7/h6-9H,3-5H2,1-2H3,(H3,11,12,13). The van der Waals surface area contributed by atoms with E-state index in [1.165, 1.54) is 6.42 Å². The number of rotatable bonds is 2. The third-order valence-electron chi connectivity index (χ3n) is 2.82. The second-order valence-corrected chi connectivity index (χ2v) is 4.49. The first-order chi connectivity index (χ1) is 6.65. The van der Waals surface area contributed by atoms with Crippen LogP contribution in [0.5, 0.6) is 0 Å². The van der Waals surface area contributed by atoms with Crippen LogP contribution in [0.25, 0.3) is 0 Å². The van der Waals surface area contributed by atoms with Gasteiger partial charge >= 0.3 is 0 Å². The number of nitrogens with one attached hydrogen (secondary N) is 1. The molecule has 3 atom stereocenters. The van der Waals surface area contributed by atoms with E-state index in [1.54, 1.807) is 0 Å². The second-order valence-electron chi connectivity index (χ2n) is 4.49. The molecule has 3 N–H and O–H groups in total. The van der Waals surface area contributed by atoms with Crippen LogP contribution >= 0.6 is 0 Å². The van der Waals surface area contributed by atoms with Crippen LogP contribution in [0.4, 0.5) is 0 Å². The van der Waals surface area contributed by atoms with E-state index in [0.717, 1.165) is 12.8 Å². The van der Waals surface area contributed by atoms with Gasteiger partial charge in [0.05, 0.1) is 18.2 Å². The molecule has 0 radical (unpaired) electrons. The fraction of sp³-hybridized carbons (Fsp3) is 0.900. The van der Waals surface area contributed by atoms with Gasteiger partial charge in [-0.15, -0.1) is 0 Å². The minimum absolute atomic E-state index is 0.292. The molecule has 0 spiro atoms. The van der Waals surface area contributed by atoms with Crippen molar-refractivity contribution in [3.63, 3.8) is 0 Å². The Bertz CT molecular complexity index is 240. The zero-order valence-electron chi connectivity index (χ0n) is 8.86. The van der Waals surface area contributed by atoms with Crippen molar-refractivity contribution in [2.24, 2.45) is 10.7 Å². The molecule has 2 saturated heterocycles. The molecule has 0 aliphatic carbocycles. The van der Waals surface area contributed by atoms with Gasteiger partial charge in [0.15, 0.2) is 5.96 Å². The number of hydrogen-bond donors (Lipinski definition) is 2. The van der Waals surface area contributed by atoms with Crippen molar-refractivity contribution in [1.82, 2.24) is 5.32 Å². The smallest absolute Gasteiger partial charge is 0.189 e. The van der Waals surface area contributed by atoms with Gasteiger partial charge < -0.3 is 15.8 Å². The molecule has 14 heavy (non-hydrogen) atoms. The predicted octanol–water partition coefficient (Wildman–Crippen LogP) is 0.619. The average Bonchev–Trinajstić information content (AvgIpc) is 2.62. The van der Waals surface area contributed by atoms with Crippen LogP contribution in [0.3, 0.4) is 0 Å². The Labute approximate surface area is 84.9 Å². The van der Waals surface area contributed by atoms with Gasteiger partial charge in [-0.3, -0.25) is 0 Å². The maximum absolute atomic E-state index is 5.77. The summed E-state index contributed by atoms with van der Waals surface area (Å²) in [5.41, 5.74) is 5.77. The molecule has 2 bridgehead atoms. The Balaban J connectivity index is 1.90. The summed E-state index contributed by atoms with van der Waals surface area (Å²) >= 11 is 0.